The van der Waals surface area contributed by atoms with Gasteiger partial charge < -0.3 is 5.32 Å². The predicted octanol–water partition coefficient (Wildman–Crippen LogP) is 5.06. The summed E-state index contributed by atoms with van der Waals surface area (Å²) in [5.41, 5.74) is 3.90. The Morgan fingerprint density at radius 3 is 2.58 bits per heavy atom. The van der Waals surface area contributed by atoms with Crippen molar-refractivity contribution in [3.05, 3.63) is 70.9 Å². The fraction of sp³-hybridized carbons (Fsp3) is 0.150. The molecule has 4 aromatic rings. The minimum absolute atomic E-state index is 0.572. The lowest BCUT2D eigenvalue weighted by molar-refractivity contribution is 0.905. The fourth-order valence-electron chi connectivity index (χ4n) is 3.01. The van der Waals surface area contributed by atoms with E-state index in [-0.39, 0.29) is 0 Å². The molecular formula is C20H18ClN5. The van der Waals surface area contributed by atoms with E-state index in [0.717, 1.165) is 34.7 Å². The molecule has 0 unspecified atom stereocenters. The second-order valence-corrected chi connectivity index (χ2v) is 6.46. The van der Waals surface area contributed by atoms with E-state index in [2.05, 4.69) is 22.2 Å². The van der Waals surface area contributed by atoms with Crippen LogP contribution in [0.25, 0.3) is 17.2 Å². The molecule has 0 amide bonds. The van der Waals surface area contributed by atoms with Gasteiger partial charge in [-0.2, -0.15) is 9.50 Å². The van der Waals surface area contributed by atoms with Gasteiger partial charge in [0.25, 0.3) is 5.78 Å². The van der Waals surface area contributed by atoms with E-state index in [0.29, 0.717) is 16.6 Å². The summed E-state index contributed by atoms with van der Waals surface area (Å²) in [5.74, 6) is 2.09. The first kappa shape index (κ1) is 16.5. The Kier molecular flexibility index (Phi) is 4.31. The van der Waals surface area contributed by atoms with Crippen LogP contribution < -0.4 is 5.32 Å². The van der Waals surface area contributed by atoms with Crippen LogP contribution in [0.1, 0.15) is 18.2 Å². The molecule has 2 heterocycles. The smallest absolute Gasteiger partial charge is 0.254 e. The summed E-state index contributed by atoms with van der Waals surface area (Å²) in [5, 5.41) is 8.83. The van der Waals surface area contributed by atoms with E-state index in [1.807, 2.05) is 61.5 Å². The van der Waals surface area contributed by atoms with E-state index >= 15 is 0 Å². The molecule has 0 aliphatic carbocycles. The van der Waals surface area contributed by atoms with E-state index in [1.165, 1.54) is 0 Å². The summed E-state index contributed by atoms with van der Waals surface area (Å²) < 4.78 is 1.77. The van der Waals surface area contributed by atoms with Crippen LogP contribution in [0.5, 0.6) is 0 Å². The number of aromatic nitrogens is 4. The second-order valence-electron chi connectivity index (χ2n) is 6.03. The van der Waals surface area contributed by atoms with Crippen molar-refractivity contribution in [2.75, 3.05) is 5.32 Å². The van der Waals surface area contributed by atoms with Gasteiger partial charge in [0.05, 0.1) is 0 Å². The van der Waals surface area contributed by atoms with E-state index in [1.54, 1.807) is 4.52 Å². The molecule has 5 nitrogen and oxygen atoms in total. The molecular weight excluding hydrogens is 346 g/mol. The highest BCUT2D eigenvalue weighted by molar-refractivity contribution is 6.30. The zero-order valence-electron chi connectivity index (χ0n) is 14.6. The van der Waals surface area contributed by atoms with Gasteiger partial charge in [0.15, 0.2) is 5.82 Å². The lowest BCUT2D eigenvalue weighted by Crippen LogP contribution is -2.08. The summed E-state index contributed by atoms with van der Waals surface area (Å²) >= 11 is 6.13. The van der Waals surface area contributed by atoms with Crippen molar-refractivity contribution in [2.45, 2.75) is 20.3 Å². The zero-order valence-corrected chi connectivity index (χ0v) is 15.3. The Morgan fingerprint density at radius 1 is 1.04 bits per heavy atom. The van der Waals surface area contributed by atoms with Crippen molar-refractivity contribution < 1.29 is 0 Å². The highest BCUT2D eigenvalue weighted by Crippen LogP contribution is 2.27. The average Bonchev–Trinajstić information content (AvgIpc) is 3.06. The SMILES string of the molecule is CCc1c(C)nc2nc(-c3ccccc3)nn2c1Nc1cccc(Cl)c1. The van der Waals surface area contributed by atoms with Crippen molar-refractivity contribution in [3.63, 3.8) is 0 Å². The first-order valence-corrected chi connectivity index (χ1v) is 8.87. The third-order valence-corrected chi connectivity index (χ3v) is 4.50. The zero-order chi connectivity index (χ0) is 18.1. The van der Waals surface area contributed by atoms with Gasteiger partial charge in [-0.15, -0.1) is 5.10 Å². The molecule has 0 atom stereocenters. The molecule has 0 spiro atoms. The monoisotopic (exact) mass is 363 g/mol. The Bertz CT molecular complexity index is 1070. The molecule has 0 saturated carbocycles. The van der Waals surface area contributed by atoms with Crippen LogP contribution in [0, 0.1) is 6.92 Å². The van der Waals surface area contributed by atoms with Crippen LogP contribution in [0.4, 0.5) is 11.5 Å². The number of anilines is 2. The minimum Gasteiger partial charge on any atom is -0.340 e. The Labute approximate surface area is 156 Å². The Hall–Kier alpha value is -2.92. The molecule has 2 aromatic heterocycles. The third kappa shape index (κ3) is 3.02. The summed E-state index contributed by atoms with van der Waals surface area (Å²) in [6.45, 7) is 4.10. The molecule has 4 rings (SSSR count). The van der Waals surface area contributed by atoms with Crippen molar-refractivity contribution in [2.24, 2.45) is 0 Å². The maximum atomic E-state index is 6.13. The van der Waals surface area contributed by atoms with Gasteiger partial charge in [-0.1, -0.05) is 54.9 Å². The standard InChI is InChI=1S/C20H18ClN5/c1-3-17-13(2)22-20-24-18(14-8-5-4-6-9-14)25-26(20)19(17)23-16-11-7-10-15(21)12-16/h4-12,23H,3H2,1-2H3. The first-order valence-electron chi connectivity index (χ1n) is 8.50. The topological polar surface area (TPSA) is 55.1 Å². The summed E-state index contributed by atoms with van der Waals surface area (Å²) in [6, 6.07) is 17.5. The van der Waals surface area contributed by atoms with Crippen molar-refractivity contribution in [1.82, 2.24) is 19.6 Å². The van der Waals surface area contributed by atoms with Crippen molar-refractivity contribution in [3.8, 4) is 11.4 Å². The average molecular weight is 364 g/mol. The molecule has 0 aliphatic rings. The van der Waals surface area contributed by atoms with Gasteiger partial charge in [-0.3, -0.25) is 0 Å². The summed E-state index contributed by atoms with van der Waals surface area (Å²) in [7, 11) is 0. The van der Waals surface area contributed by atoms with Gasteiger partial charge in [0, 0.05) is 27.5 Å². The Balaban J connectivity index is 1.89. The van der Waals surface area contributed by atoms with E-state index < -0.39 is 0 Å². The van der Waals surface area contributed by atoms with Crippen molar-refractivity contribution in [1.29, 1.82) is 0 Å². The molecule has 26 heavy (non-hydrogen) atoms. The van der Waals surface area contributed by atoms with Crippen LogP contribution in [0.2, 0.25) is 5.02 Å². The summed E-state index contributed by atoms with van der Waals surface area (Å²) in [4.78, 5) is 9.25. The number of hydrogen-bond donors (Lipinski definition) is 1. The molecule has 130 valence electrons. The molecule has 0 fully saturated rings. The van der Waals surface area contributed by atoms with Gasteiger partial charge in [-0.25, -0.2) is 4.98 Å². The number of aryl methyl sites for hydroxylation is 1. The maximum absolute atomic E-state index is 6.13. The second kappa shape index (κ2) is 6.77. The number of nitrogens with zero attached hydrogens (tertiary/aromatic N) is 4. The molecule has 0 aliphatic heterocycles. The fourth-order valence-corrected chi connectivity index (χ4v) is 3.20. The molecule has 0 saturated heterocycles. The quantitative estimate of drug-likeness (QED) is 0.550. The third-order valence-electron chi connectivity index (χ3n) is 4.27. The normalized spacial score (nSPS) is 11.0. The molecule has 0 bridgehead atoms. The summed E-state index contributed by atoms with van der Waals surface area (Å²) in [6.07, 6.45) is 0.832. The molecule has 0 radical (unpaired) electrons. The lowest BCUT2D eigenvalue weighted by Gasteiger charge is -2.14. The molecule has 6 heteroatoms. The first-order chi connectivity index (χ1) is 12.7. The van der Waals surface area contributed by atoms with Crippen molar-refractivity contribution >= 4 is 28.9 Å². The molecule has 1 N–H and O–H groups in total. The number of hydrogen-bond acceptors (Lipinski definition) is 4. The van der Waals surface area contributed by atoms with Gasteiger partial charge >= 0.3 is 0 Å². The number of nitrogens with one attached hydrogen (secondary N) is 1. The predicted molar refractivity (Wildman–Crippen MR) is 105 cm³/mol. The highest BCUT2D eigenvalue weighted by atomic mass is 35.5. The maximum Gasteiger partial charge on any atom is 0.254 e. The van der Waals surface area contributed by atoms with Crippen LogP contribution in [0.3, 0.4) is 0 Å². The van der Waals surface area contributed by atoms with Crippen LogP contribution in [-0.4, -0.2) is 19.6 Å². The molecule has 2 aromatic carbocycles. The van der Waals surface area contributed by atoms with Crippen LogP contribution in [0.15, 0.2) is 54.6 Å². The van der Waals surface area contributed by atoms with Crippen LogP contribution in [-0.2, 0) is 6.42 Å². The number of fused-ring (bicyclic) bond motifs is 1. The van der Waals surface area contributed by atoms with Gasteiger partial charge in [0.2, 0.25) is 0 Å². The van der Waals surface area contributed by atoms with E-state index in [4.69, 9.17) is 16.7 Å². The minimum atomic E-state index is 0.572. The lowest BCUT2D eigenvalue weighted by atomic mass is 10.1. The Morgan fingerprint density at radius 2 is 1.85 bits per heavy atom. The largest absolute Gasteiger partial charge is 0.340 e. The highest BCUT2D eigenvalue weighted by Gasteiger charge is 2.16. The van der Waals surface area contributed by atoms with Gasteiger partial charge in [0.1, 0.15) is 5.82 Å². The van der Waals surface area contributed by atoms with Gasteiger partial charge in [-0.05, 0) is 31.5 Å². The number of halogens is 1. The van der Waals surface area contributed by atoms with E-state index in [9.17, 15) is 0 Å². The van der Waals surface area contributed by atoms with Crippen LogP contribution >= 0.6 is 11.6 Å². The number of benzene rings is 2. The number of rotatable bonds is 4.